The van der Waals surface area contributed by atoms with E-state index >= 15 is 0 Å². The summed E-state index contributed by atoms with van der Waals surface area (Å²) in [5.74, 6) is 0. The number of nitrogens with zero attached hydrogens (tertiary/aromatic N) is 1. The Labute approximate surface area is 77.3 Å². The van der Waals surface area contributed by atoms with Crippen LogP contribution in [0.4, 0.5) is 5.69 Å². The van der Waals surface area contributed by atoms with E-state index in [0.29, 0.717) is 0 Å². The van der Waals surface area contributed by atoms with Crippen molar-refractivity contribution in [2.75, 3.05) is 0 Å². The maximum atomic E-state index is 10.2. The summed E-state index contributed by atoms with van der Waals surface area (Å²) in [6.07, 6.45) is 7.09. The van der Waals surface area contributed by atoms with Crippen molar-refractivity contribution in [1.82, 2.24) is 0 Å². The van der Waals surface area contributed by atoms with E-state index in [9.17, 15) is 4.79 Å². The normalized spacial score (nSPS) is 14.5. The molecule has 0 bridgehead atoms. The molecular weight excluding hydrogens is 162 g/mol. The van der Waals surface area contributed by atoms with Gasteiger partial charge in [0.2, 0.25) is 6.08 Å². The van der Waals surface area contributed by atoms with Crippen molar-refractivity contribution in [2.45, 2.75) is 19.3 Å². The van der Waals surface area contributed by atoms with Crippen molar-refractivity contribution in [3.8, 4) is 0 Å². The number of carbonyl (C=O) groups excluding carboxylic acids is 1. The molecule has 0 aliphatic heterocycles. The average Bonchev–Trinajstić information content (AvgIpc) is 2.19. The largest absolute Gasteiger partial charge is 0.240 e. The molecule has 0 N–H and O–H groups in total. The van der Waals surface area contributed by atoms with E-state index in [0.717, 1.165) is 24.9 Å². The third-order valence-corrected chi connectivity index (χ3v) is 2.35. The fraction of sp³-hybridized carbons (Fsp3) is 0.273. The maximum absolute atomic E-state index is 10.2. The Kier molecular flexibility index (Phi) is 2.24. The summed E-state index contributed by atoms with van der Waals surface area (Å²) in [4.78, 5) is 13.9. The van der Waals surface area contributed by atoms with E-state index in [1.165, 1.54) is 11.1 Å². The van der Waals surface area contributed by atoms with Crippen LogP contribution in [0.25, 0.3) is 0 Å². The summed E-state index contributed by atoms with van der Waals surface area (Å²) in [5.41, 5.74) is 3.20. The number of hydrogen-bond acceptors (Lipinski definition) is 2. The molecular formula is C11H10NO. The van der Waals surface area contributed by atoms with Gasteiger partial charge < -0.3 is 0 Å². The van der Waals surface area contributed by atoms with Crippen molar-refractivity contribution < 1.29 is 4.79 Å². The molecule has 0 unspecified atom stereocenters. The fourth-order valence-corrected chi connectivity index (χ4v) is 1.75. The lowest BCUT2D eigenvalue weighted by Gasteiger charge is -2.15. The number of isocyanates is 1. The van der Waals surface area contributed by atoms with Crippen LogP contribution in [0.3, 0.4) is 0 Å². The molecule has 1 radical (unpaired) electrons. The number of fused-ring (bicyclic) bond motifs is 1. The number of benzene rings is 1. The highest BCUT2D eigenvalue weighted by atomic mass is 16.1. The van der Waals surface area contributed by atoms with Crippen LogP contribution >= 0.6 is 0 Å². The topological polar surface area (TPSA) is 29.4 Å². The Morgan fingerprint density at radius 3 is 3.15 bits per heavy atom. The van der Waals surface area contributed by atoms with Crippen LogP contribution < -0.4 is 0 Å². The van der Waals surface area contributed by atoms with Crippen LogP contribution in [0.1, 0.15) is 24.0 Å². The zero-order valence-corrected chi connectivity index (χ0v) is 7.29. The zero-order chi connectivity index (χ0) is 9.10. The van der Waals surface area contributed by atoms with E-state index in [2.05, 4.69) is 17.5 Å². The van der Waals surface area contributed by atoms with E-state index in [-0.39, 0.29) is 0 Å². The molecule has 1 aromatic rings. The van der Waals surface area contributed by atoms with E-state index in [1.54, 1.807) is 6.08 Å². The Morgan fingerprint density at radius 2 is 2.31 bits per heavy atom. The molecule has 1 aliphatic carbocycles. The van der Waals surface area contributed by atoms with Crippen molar-refractivity contribution in [3.05, 3.63) is 35.7 Å². The van der Waals surface area contributed by atoms with Crippen molar-refractivity contribution in [2.24, 2.45) is 4.99 Å². The van der Waals surface area contributed by atoms with Crippen LogP contribution in [0.2, 0.25) is 0 Å². The monoisotopic (exact) mass is 172 g/mol. The molecule has 2 heteroatoms. The highest BCUT2D eigenvalue weighted by Crippen LogP contribution is 2.30. The summed E-state index contributed by atoms with van der Waals surface area (Å²) >= 11 is 0. The van der Waals surface area contributed by atoms with E-state index < -0.39 is 0 Å². The second-order valence-electron chi connectivity index (χ2n) is 3.14. The SMILES string of the molecule is O=C=Nc1cccc2c1CCC[CH]2. The number of rotatable bonds is 1. The second-order valence-corrected chi connectivity index (χ2v) is 3.14. The molecule has 1 aliphatic rings. The van der Waals surface area contributed by atoms with Gasteiger partial charge in [-0.25, -0.2) is 4.79 Å². The lowest BCUT2D eigenvalue weighted by molar-refractivity contribution is 0.565. The van der Waals surface area contributed by atoms with Crippen molar-refractivity contribution in [3.63, 3.8) is 0 Å². The Hall–Kier alpha value is -1.40. The van der Waals surface area contributed by atoms with Gasteiger partial charge in [0.25, 0.3) is 0 Å². The molecule has 0 aromatic heterocycles. The van der Waals surface area contributed by atoms with Gasteiger partial charge in [-0.05, 0) is 42.9 Å². The average molecular weight is 172 g/mol. The van der Waals surface area contributed by atoms with Crippen LogP contribution in [0, 0.1) is 6.42 Å². The standard InChI is InChI=1S/C11H10NO/c13-8-12-11-7-3-5-9-4-1-2-6-10(9)11/h3-5,7H,1-2,6H2. The van der Waals surface area contributed by atoms with Gasteiger partial charge in [-0.3, -0.25) is 0 Å². The number of hydrogen-bond donors (Lipinski definition) is 0. The Balaban J connectivity index is 2.51. The zero-order valence-electron chi connectivity index (χ0n) is 7.29. The minimum Gasteiger partial charge on any atom is -0.211 e. The van der Waals surface area contributed by atoms with Gasteiger partial charge in [-0.2, -0.15) is 4.99 Å². The first-order valence-electron chi connectivity index (χ1n) is 4.45. The molecule has 0 fully saturated rings. The Morgan fingerprint density at radius 1 is 1.38 bits per heavy atom. The van der Waals surface area contributed by atoms with Gasteiger partial charge in [0.15, 0.2) is 0 Å². The summed E-state index contributed by atoms with van der Waals surface area (Å²) in [5, 5.41) is 0. The summed E-state index contributed by atoms with van der Waals surface area (Å²) in [6, 6.07) is 5.86. The minimum atomic E-state index is 0.781. The summed E-state index contributed by atoms with van der Waals surface area (Å²) in [7, 11) is 0. The van der Waals surface area contributed by atoms with E-state index in [4.69, 9.17) is 0 Å². The smallest absolute Gasteiger partial charge is 0.211 e. The van der Waals surface area contributed by atoms with Gasteiger partial charge >= 0.3 is 0 Å². The van der Waals surface area contributed by atoms with Crippen LogP contribution in [0.5, 0.6) is 0 Å². The van der Waals surface area contributed by atoms with Crippen LogP contribution in [-0.2, 0) is 11.2 Å². The minimum absolute atomic E-state index is 0.781. The highest BCUT2D eigenvalue weighted by molar-refractivity contribution is 5.58. The van der Waals surface area contributed by atoms with Gasteiger partial charge in [0.05, 0.1) is 5.69 Å². The molecule has 13 heavy (non-hydrogen) atoms. The first kappa shape index (κ1) is 8.21. The first-order chi connectivity index (χ1) is 6.42. The van der Waals surface area contributed by atoms with Gasteiger partial charge in [0.1, 0.15) is 0 Å². The lowest BCUT2D eigenvalue weighted by atomic mass is 9.91. The summed E-state index contributed by atoms with van der Waals surface area (Å²) < 4.78 is 0. The van der Waals surface area contributed by atoms with Gasteiger partial charge in [-0.15, -0.1) is 0 Å². The molecule has 0 amide bonds. The van der Waals surface area contributed by atoms with Gasteiger partial charge in [0, 0.05) is 0 Å². The maximum Gasteiger partial charge on any atom is 0.240 e. The predicted octanol–water partition coefficient (Wildman–Crippen LogP) is 2.54. The summed E-state index contributed by atoms with van der Waals surface area (Å²) in [6.45, 7) is 0. The molecule has 0 heterocycles. The molecule has 1 aromatic carbocycles. The molecule has 0 saturated heterocycles. The lowest BCUT2D eigenvalue weighted by Crippen LogP contribution is -2.00. The van der Waals surface area contributed by atoms with Crippen molar-refractivity contribution >= 4 is 11.8 Å². The molecule has 2 rings (SSSR count). The number of aliphatic imine (C=N–C) groups is 1. The predicted molar refractivity (Wildman–Crippen MR) is 50.6 cm³/mol. The molecule has 0 spiro atoms. The van der Waals surface area contributed by atoms with E-state index in [1.807, 2.05) is 12.1 Å². The quantitative estimate of drug-likeness (QED) is 0.472. The molecule has 0 saturated carbocycles. The third kappa shape index (κ3) is 1.53. The van der Waals surface area contributed by atoms with Crippen LogP contribution in [-0.4, -0.2) is 6.08 Å². The molecule has 2 nitrogen and oxygen atoms in total. The fourth-order valence-electron chi connectivity index (χ4n) is 1.75. The third-order valence-electron chi connectivity index (χ3n) is 2.35. The van der Waals surface area contributed by atoms with Crippen molar-refractivity contribution in [1.29, 1.82) is 0 Å². The van der Waals surface area contributed by atoms with Crippen LogP contribution in [0.15, 0.2) is 23.2 Å². The highest BCUT2D eigenvalue weighted by Gasteiger charge is 2.12. The second kappa shape index (κ2) is 3.55. The molecule has 0 atom stereocenters. The van der Waals surface area contributed by atoms with Gasteiger partial charge in [-0.1, -0.05) is 12.1 Å². The Bertz CT molecular complexity index is 364. The molecule has 65 valence electrons. The first-order valence-corrected chi connectivity index (χ1v) is 4.45.